The normalized spacial score (nSPS) is 13.7. The summed E-state index contributed by atoms with van der Waals surface area (Å²) in [6.45, 7) is 6.99. The average molecular weight is 590 g/mol. The Morgan fingerprint density at radius 1 is 1.05 bits per heavy atom. The van der Waals surface area contributed by atoms with Crippen molar-refractivity contribution in [3.05, 3.63) is 88.9 Å². The number of anilines is 1. The molecule has 1 aliphatic rings. The van der Waals surface area contributed by atoms with Crippen molar-refractivity contribution in [1.29, 1.82) is 0 Å². The second-order valence-corrected chi connectivity index (χ2v) is 10.7. The molecule has 0 spiro atoms. The van der Waals surface area contributed by atoms with Crippen molar-refractivity contribution in [2.75, 3.05) is 57.9 Å². The molecule has 0 bridgehead atoms. The van der Waals surface area contributed by atoms with E-state index in [1.54, 1.807) is 12.3 Å². The molecular formula is C31H35N5O5S. The summed E-state index contributed by atoms with van der Waals surface area (Å²) in [6, 6.07) is 22.1. The molecule has 3 heterocycles. The monoisotopic (exact) mass is 589 g/mol. The molecule has 10 nitrogen and oxygen atoms in total. The number of aromatic nitrogens is 2. The quantitative estimate of drug-likeness (QED) is 0.220. The van der Waals surface area contributed by atoms with Crippen LogP contribution in [-0.4, -0.2) is 84.5 Å². The molecule has 0 unspecified atom stereocenters. The first kappa shape index (κ1) is 29.4. The third-order valence-corrected chi connectivity index (χ3v) is 7.89. The largest absolute Gasteiger partial charge is 0.461 e. The highest BCUT2D eigenvalue weighted by molar-refractivity contribution is 7.14. The van der Waals surface area contributed by atoms with Crippen molar-refractivity contribution >= 4 is 28.5 Å². The Morgan fingerprint density at radius 3 is 2.40 bits per heavy atom. The summed E-state index contributed by atoms with van der Waals surface area (Å²) in [7, 11) is 0. The summed E-state index contributed by atoms with van der Waals surface area (Å²) in [5, 5.41) is 8.93. The second kappa shape index (κ2) is 14.7. The number of nitrogens with one attached hydrogen (secondary N) is 1. The molecular weight excluding hydrogens is 554 g/mol. The maximum atomic E-state index is 13.6. The molecule has 4 aromatic rings. The Kier molecular flexibility index (Phi) is 10.3. The van der Waals surface area contributed by atoms with Crippen LogP contribution < -0.4 is 5.32 Å². The highest BCUT2D eigenvalue weighted by Gasteiger charge is 2.22. The van der Waals surface area contributed by atoms with Crippen LogP contribution >= 0.6 is 11.3 Å². The molecule has 0 saturated carbocycles. The van der Waals surface area contributed by atoms with Gasteiger partial charge in [-0.15, -0.1) is 11.3 Å². The van der Waals surface area contributed by atoms with Gasteiger partial charge in [-0.05, 0) is 24.5 Å². The number of benzene rings is 2. The van der Waals surface area contributed by atoms with Crippen LogP contribution in [-0.2, 0) is 9.47 Å². The minimum absolute atomic E-state index is 0.0751. The molecule has 42 heavy (non-hydrogen) atoms. The van der Waals surface area contributed by atoms with Crippen molar-refractivity contribution in [2.45, 2.75) is 19.3 Å². The van der Waals surface area contributed by atoms with Gasteiger partial charge in [-0.3, -0.25) is 10.2 Å². The van der Waals surface area contributed by atoms with E-state index in [-0.39, 0.29) is 24.2 Å². The fourth-order valence-electron chi connectivity index (χ4n) is 4.90. The molecule has 1 fully saturated rings. The first-order chi connectivity index (χ1) is 20.6. The van der Waals surface area contributed by atoms with Crippen molar-refractivity contribution in [3.63, 3.8) is 0 Å². The molecule has 1 N–H and O–H groups in total. The van der Waals surface area contributed by atoms with Gasteiger partial charge in [0.25, 0.3) is 0 Å². The average Bonchev–Trinajstić information content (AvgIpc) is 3.71. The van der Waals surface area contributed by atoms with Gasteiger partial charge in [-0.1, -0.05) is 65.8 Å². The smallest absolute Gasteiger partial charge is 0.360 e. The Morgan fingerprint density at radius 2 is 1.74 bits per heavy atom. The third-order valence-electron chi connectivity index (χ3n) is 7.13. The predicted molar refractivity (Wildman–Crippen MR) is 161 cm³/mol. The lowest BCUT2D eigenvalue weighted by Crippen LogP contribution is -2.44. The molecule has 1 aliphatic heterocycles. The summed E-state index contributed by atoms with van der Waals surface area (Å²) < 4.78 is 15.8. The van der Waals surface area contributed by atoms with Crippen molar-refractivity contribution in [1.82, 2.24) is 19.9 Å². The van der Waals surface area contributed by atoms with E-state index in [0.717, 1.165) is 26.1 Å². The molecule has 2 aromatic heterocycles. The minimum Gasteiger partial charge on any atom is -0.461 e. The number of rotatable bonds is 12. The summed E-state index contributed by atoms with van der Waals surface area (Å²) in [6.07, 6.45) is 0.766. The maximum Gasteiger partial charge on any atom is 0.360 e. The van der Waals surface area contributed by atoms with E-state index in [1.165, 1.54) is 28.5 Å². The summed E-state index contributed by atoms with van der Waals surface area (Å²) >= 11 is 1.28. The number of thiazole rings is 1. The third kappa shape index (κ3) is 7.81. The molecule has 2 aromatic carbocycles. The Bertz CT molecular complexity index is 1380. The number of hydrogen-bond acceptors (Lipinski definition) is 9. The lowest BCUT2D eigenvalue weighted by molar-refractivity contribution is 0.0351. The highest BCUT2D eigenvalue weighted by atomic mass is 32.1. The SMILES string of the molecule is CCOC(=O)c1cc(-c2csc(NC(=O)N(CCC(c3ccccc3)c3ccccc3)CCN3CCOCC3)n2)on1. The zero-order valence-electron chi connectivity index (χ0n) is 23.6. The number of esters is 1. The standard InChI is InChI=1S/C31H35N5O5S/c1-2-40-29(37)26-21-28(41-34-26)27-22-42-30(32-27)33-31(38)36(16-15-35-17-19-39-20-18-35)14-13-25(23-9-5-3-6-10-23)24-11-7-4-8-12-24/h3-12,21-22,25H,2,13-20H2,1H3,(H,32,33,38). The van der Waals surface area contributed by atoms with E-state index >= 15 is 0 Å². The van der Waals surface area contributed by atoms with Crippen LogP contribution in [0, 0.1) is 0 Å². The summed E-state index contributed by atoms with van der Waals surface area (Å²) in [5.74, 6) is -0.0818. The molecule has 5 rings (SSSR count). The van der Waals surface area contributed by atoms with Gasteiger partial charge in [-0.2, -0.15) is 0 Å². The number of ether oxygens (including phenoxy) is 2. The van der Waals surface area contributed by atoms with Crippen LogP contribution in [0.5, 0.6) is 0 Å². The number of carbonyl (C=O) groups excluding carboxylic acids is 2. The van der Waals surface area contributed by atoms with Crippen LogP contribution in [0.3, 0.4) is 0 Å². The van der Waals surface area contributed by atoms with Crippen molar-refractivity contribution in [2.24, 2.45) is 0 Å². The van der Waals surface area contributed by atoms with Gasteiger partial charge in [0.2, 0.25) is 0 Å². The second-order valence-electron chi connectivity index (χ2n) is 9.87. The summed E-state index contributed by atoms with van der Waals surface area (Å²) in [4.78, 5) is 34.3. The van der Waals surface area contributed by atoms with Crippen LogP contribution in [0.15, 0.2) is 76.6 Å². The van der Waals surface area contributed by atoms with E-state index < -0.39 is 5.97 Å². The van der Waals surface area contributed by atoms with E-state index in [2.05, 4.69) is 68.9 Å². The Hall–Kier alpha value is -4.06. The number of nitrogens with zero attached hydrogens (tertiary/aromatic N) is 4. The fraction of sp³-hybridized carbons (Fsp3) is 0.355. The van der Waals surface area contributed by atoms with E-state index in [9.17, 15) is 9.59 Å². The van der Waals surface area contributed by atoms with E-state index in [4.69, 9.17) is 14.0 Å². The molecule has 0 aliphatic carbocycles. The van der Waals surface area contributed by atoms with Crippen LogP contribution in [0.1, 0.15) is 40.9 Å². The lowest BCUT2D eigenvalue weighted by Gasteiger charge is -2.31. The Balaban J connectivity index is 1.29. The van der Waals surface area contributed by atoms with Crippen molar-refractivity contribution < 1.29 is 23.6 Å². The number of carbonyl (C=O) groups is 2. The van der Waals surface area contributed by atoms with E-state index in [1.807, 2.05) is 17.0 Å². The minimum atomic E-state index is -0.559. The van der Waals surface area contributed by atoms with Gasteiger partial charge < -0.3 is 18.9 Å². The fourth-order valence-corrected chi connectivity index (χ4v) is 5.58. The summed E-state index contributed by atoms with van der Waals surface area (Å²) in [5.41, 5.74) is 2.99. The maximum absolute atomic E-state index is 13.6. The van der Waals surface area contributed by atoms with E-state index in [0.29, 0.717) is 42.9 Å². The molecule has 220 valence electrons. The van der Waals surface area contributed by atoms with Crippen molar-refractivity contribution in [3.8, 4) is 11.5 Å². The van der Waals surface area contributed by atoms with Gasteiger partial charge >= 0.3 is 12.0 Å². The molecule has 0 atom stereocenters. The Labute approximate surface area is 249 Å². The first-order valence-corrected chi connectivity index (χ1v) is 15.0. The zero-order chi connectivity index (χ0) is 29.1. The number of hydrogen-bond donors (Lipinski definition) is 1. The van der Waals surface area contributed by atoms with Crippen LogP contribution in [0.4, 0.5) is 9.93 Å². The number of amides is 2. The van der Waals surface area contributed by atoms with Gasteiger partial charge in [0.15, 0.2) is 16.6 Å². The molecule has 11 heteroatoms. The van der Waals surface area contributed by atoms with Gasteiger partial charge in [0, 0.05) is 50.1 Å². The van der Waals surface area contributed by atoms with Gasteiger partial charge in [0.05, 0.1) is 19.8 Å². The highest BCUT2D eigenvalue weighted by Crippen LogP contribution is 2.29. The zero-order valence-corrected chi connectivity index (χ0v) is 24.4. The van der Waals surface area contributed by atoms with Crippen LogP contribution in [0.2, 0.25) is 0 Å². The molecule has 1 saturated heterocycles. The van der Waals surface area contributed by atoms with Crippen LogP contribution in [0.25, 0.3) is 11.5 Å². The van der Waals surface area contributed by atoms with Gasteiger partial charge in [-0.25, -0.2) is 14.6 Å². The molecule has 0 radical (unpaired) electrons. The van der Waals surface area contributed by atoms with Gasteiger partial charge in [0.1, 0.15) is 5.69 Å². The topological polar surface area (TPSA) is 110 Å². The predicted octanol–water partition coefficient (Wildman–Crippen LogP) is 5.36. The number of morpholine rings is 1. The lowest BCUT2D eigenvalue weighted by atomic mass is 9.88. The molecule has 2 amide bonds. The first-order valence-electron chi connectivity index (χ1n) is 14.2. The number of urea groups is 1.